The van der Waals surface area contributed by atoms with Gasteiger partial charge in [-0.15, -0.1) is 0 Å². The minimum atomic E-state index is -0.197. The molecule has 138 valence electrons. The highest BCUT2D eigenvalue weighted by Crippen LogP contribution is 2.34. The van der Waals surface area contributed by atoms with E-state index >= 15 is 0 Å². The SMILES string of the molecule is COc1cccc2c1OCC(NC(=O)c1ccc(CN3CCCC3)o1)C2. The molecule has 1 aromatic carbocycles. The number of rotatable bonds is 5. The number of hydrogen-bond acceptors (Lipinski definition) is 5. The predicted molar refractivity (Wildman–Crippen MR) is 96.7 cm³/mol. The van der Waals surface area contributed by atoms with Gasteiger partial charge < -0.3 is 19.2 Å². The topological polar surface area (TPSA) is 63.9 Å². The molecule has 2 aliphatic rings. The van der Waals surface area contributed by atoms with Gasteiger partial charge in [-0.2, -0.15) is 0 Å². The van der Waals surface area contributed by atoms with Crippen LogP contribution in [0.15, 0.2) is 34.7 Å². The van der Waals surface area contributed by atoms with Gasteiger partial charge in [0, 0.05) is 5.56 Å². The number of para-hydroxylation sites is 1. The Morgan fingerprint density at radius 2 is 2.12 bits per heavy atom. The summed E-state index contributed by atoms with van der Waals surface area (Å²) in [6.45, 7) is 3.39. The number of carbonyl (C=O) groups is 1. The van der Waals surface area contributed by atoms with Crippen molar-refractivity contribution < 1.29 is 18.7 Å². The molecule has 0 bridgehead atoms. The minimum absolute atomic E-state index is 0.0887. The molecule has 2 aliphatic heterocycles. The van der Waals surface area contributed by atoms with Gasteiger partial charge in [-0.25, -0.2) is 0 Å². The van der Waals surface area contributed by atoms with Crippen LogP contribution in [0.4, 0.5) is 0 Å². The van der Waals surface area contributed by atoms with Crippen molar-refractivity contribution in [2.75, 3.05) is 26.8 Å². The van der Waals surface area contributed by atoms with Crippen LogP contribution in [0.5, 0.6) is 11.5 Å². The first-order valence-corrected chi connectivity index (χ1v) is 9.13. The van der Waals surface area contributed by atoms with Gasteiger partial charge in [-0.3, -0.25) is 9.69 Å². The van der Waals surface area contributed by atoms with Gasteiger partial charge in [0.1, 0.15) is 12.4 Å². The summed E-state index contributed by atoms with van der Waals surface area (Å²) >= 11 is 0. The third kappa shape index (κ3) is 3.55. The lowest BCUT2D eigenvalue weighted by Crippen LogP contribution is -2.42. The molecule has 4 rings (SSSR count). The van der Waals surface area contributed by atoms with E-state index in [1.54, 1.807) is 13.2 Å². The van der Waals surface area contributed by atoms with E-state index in [2.05, 4.69) is 10.2 Å². The molecular formula is C20H24N2O4. The number of amides is 1. The maximum Gasteiger partial charge on any atom is 0.287 e. The lowest BCUT2D eigenvalue weighted by atomic mass is 10.0. The molecule has 1 amide bonds. The predicted octanol–water partition coefficient (Wildman–Crippen LogP) is 2.62. The smallest absolute Gasteiger partial charge is 0.287 e. The third-order valence-corrected chi connectivity index (χ3v) is 4.97. The van der Waals surface area contributed by atoms with Crippen LogP contribution >= 0.6 is 0 Å². The van der Waals surface area contributed by atoms with Gasteiger partial charge in [0.05, 0.1) is 19.7 Å². The number of carbonyl (C=O) groups excluding carboxylic acids is 1. The molecule has 1 atom stereocenters. The van der Waals surface area contributed by atoms with Gasteiger partial charge in [-0.05, 0) is 50.6 Å². The van der Waals surface area contributed by atoms with Gasteiger partial charge in [-0.1, -0.05) is 12.1 Å². The molecular weight excluding hydrogens is 332 g/mol. The highest BCUT2D eigenvalue weighted by molar-refractivity contribution is 5.91. The lowest BCUT2D eigenvalue weighted by molar-refractivity contribution is 0.0883. The van der Waals surface area contributed by atoms with E-state index in [1.807, 2.05) is 24.3 Å². The summed E-state index contributed by atoms with van der Waals surface area (Å²) in [5, 5.41) is 3.01. The summed E-state index contributed by atoms with van der Waals surface area (Å²) in [6.07, 6.45) is 3.18. The summed E-state index contributed by atoms with van der Waals surface area (Å²) in [5.74, 6) is 2.50. The Kier molecular flexibility index (Phi) is 4.84. The molecule has 0 radical (unpaired) electrons. The van der Waals surface area contributed by atoms with E-state index in [9.17, 15) is 4.79 Å². The molecule has 0 aliphatic carbocycles. The number of fused-ring (bicyclic) bond motifs is 1. The molecule has 0 spiro atoms. The molecule has 1 saturated heterocycles. The number of benzene rings is 1. The average Bonchev–Trinajstić information content (AvgIpc) is 3.33. The Bertz CT molecular complexity index is 780. The number of hydrogen-bond donors (Lipinski definition) is 1. The van der Waals surface area contributed by atoms with Crippen molar-refractivity contribution in [3.63, 3.8) is 0 Å². The number of nitrogens with one attached hydrogen (secondary N) is 1. The molecule has 2 aromatic rings. The van der Waals surface area contributed by atoms with E-state index in [0.717, 1.165) is 42.5 Å². The standard InChI is InChI=1S/C20H24N2O4/c1-24-17-6-4-5-14-11-15(13-25-19(14)17)21-20(23)18-8-7-16(26-18)12-22-9-2-3-10-22/h4-8,15H,2-3,9-13H2,1H3,(H,21,23). The van der Waals surface area contributed by atoms with Crippen molar-refractivity contribution in [3.05, 3.63) is 47.4 Å². The molecule has 1 N–H and O–H groups in total. The van der Waals surface area contributed by atoms with Crippen molar-refractivity contribution in [2.24, 2.45) is 0 Å². The second kappa shape index (κ2) is 7.41. The number of methoxy groups -OCH3 is 1. The monoisotopic (exact) mass is 356 g/mol. The maximum absolute atomic E-state index is 12.5. The molecule has 1 unspecified atom stereocenters. The van der Waals surface area contributed by atoms with E-state index in [1.165, 1.54) is 12.8 Å². The Morgan fingerprint density at radius 3 is 2.92 bits per heavy atom. The van der Waals surface area contributed by atoms with Gasteiger partial charge in [0.25, 0.3) is 5.91 Å². The molecule has 0 saturated carbocycles. The Hall–Kier alpha value is -2.47. The fraction of sp³-hybridized carbons (Fsp3) is 0.450. The molecule has 1 aromatic heterocycles. The summed E-state index contributed by atoms with van der Waals surface area (Å²) in [5.41, 5.74) is 1.04. The van der Waals surface area contributed by atoms with E-state index in [0.29, 0.717) is 18.8 Å². The molecule has 3 heterocycles. The van der Waals surface area contributed by atoms with Crippen LogP contribution < -0.4 is 14.8 Å². The molecule has 6 heteroatoms. The van der Waals surface area contributed by atoms with Crippen LogP contribution in [0.1, 0.15) is 34.7 Å². The number of ether oxygens (including phenoxy) is 2. The average molecular weight is 356 g/mol. The van der Waals surface area contributed by atoms with E-state index in [-0.39, 0.29) is 11.9 Å². The normalized spacial score (nSPS) is 19.7. The summed E-state index contributed by atoms with van der Waals surface area (Å²) in [7, 11) is 1.63. The van der Waals surface area contributed by atoms with Crippen molar-refractivity contribution in [1.82, 2.24) is 10.2 Å². The zero-order valence-electron chi connectivity index (χ0n) is 15.0. The Morgan fingerprint density at radius 1 is 1.27 bits per heavy atom. The van der Waals surface area contributed by atoms with Crippen molar-refractivity contribution in [3.8, 4) is 11.5 Å². The van der Waals surface area contributed by atoms with E-state index < -0.39 is 0 Å². The number of likely N-dealkylation sites (tertiary alicyclic amines) is 1. The summed E-state index contributed by atoms with van der Waals surface area (Å²) in [6, 6.07) is 9.36. The molecule has 6 nitrogen and oxygen atoms in total. The summed E-state index contributed by atoms with van der Waals surface area (Å²) < 4.78 is 16.9. The molecule has 26 heavy (non-hydrogen) atoms. The number of nitrogens with zero attached hydrogens (tertiary/aromatic N) is 1. The van der Waals surface area contributed by atoms with Crippen LogP contribution in [0.3, 0.4) is 0 Å². The Labute approximate surface area is 153 Å². The molecule has 1 fully saturated rings. The minimum Gasteiger partial charge on any atom is -0.493 e. The highest BCUT2D eigenvalue weighted by Gasteiger charge is 2.25. The van der Waals surface area contributed by atoms with Crippen LogP contribution in [0.2, 0.25) is 0 Å². The number of furan rings is 1. The first-order chi connectivity index (χ1) is 12.7. The van der Waals surface area contributed by atoms with Gasteiger partial charge >= 0.3 is 0 Å². The van der Waals surface area contributed by atoms with Crippen molar-refractivity contribution in [2.45, 2.75) is 31.8 Å². The lowest BCUT2D eigenvalue weighted by Gasteiger charge is -2.26. The second-order valence-electron chi connectivity index (χ2n) is 6.88. The first kappa shape index (κ1) is 17.0. The van der Waals surface area contributed by atoms with Crippen LogP contribution in [-0.2, 0) is 13.0 Å². The first-order valence-electron chi connectivity index (χ1n) is 9.13. The third-order valence-electron chi connectivity index (χ3n) is 4.97. The van der Waals surface area contributed by atoms with Gasteiger partial charge in [0.15, 0.2) is 17.3 Å². The quantitative estimate of drug-likeness (QED) is 0.892. The van der Waals surface area contributed by atoms with Crippen LogP contribution in [0.25, 0.3) is 0 Å². The maximum atomic E-state index is 12.5. The van der Waals surface area contributed by atoms with Crippen molar-refractivity contribution in [1.29, 1.82) is 0 Å². The largest absolute Gasteiger partial charge is 0.493 e. The van der Waals surface area contributed by atoms with E-state index in [4.69, 9.17) is 13.9 Å². The van der Waals surface area contributed by atoms with Crippen LogP contribution in [-0.4, -0.2) is 43.7 Å². The summed E-state index contributed by atoms with van der Waals surface area (Å²) in [4.78, 5) is 14.8. The van der Waals surface area contributed by atoms with Crippen molar-refractivity contribution >= 4 is 5.91 Å². The fourth-order valence-corrected chi connectivity index (χ4v) is 3.65. The van der Waals surface area contributed by atoms with Gasteiger partial charge in [0.2, 0.25) is 0 Å². The fourth-order valence-electron chi connectivity index (χ4n) is 3.65. The van der Waals surface area contributed by atoms with Crippen LogP contribution in [0, 0.1) is 0 Å². The Balaban J connectivity index is 1.37. The zero-order valence-corrected chi connectivity index (χ0v) is 15.0. The highest BCUT2D eigenvalue weighted by atomic mass is 16.5. The zero-order chi connectivity index (χ0) is 17.9. The second-order valence-corrected chi connectivity index (χ2v) is 6.88.